The van der Waals surface area contributed by atoms with Crippen LogP contribution in [0.1, 0.15) is 0 Å². The van der Waals surface area contributed by atoms with Crippen molar-refractivity contribution < 1.29 is 0 Å². The Balaban J connectivity index is 2.88. The molecule has 0 bridgehead atoms. The van der Waals surface area contributed by atoms with Gasteiger partial charge in [0, 0.05) is 6.54 Å². The highest BCUT2D eigenvalue weighted by atomic mass is 28.3. The van der Waals surface area contributed by atoms with E-state index in [1.807, 2.05) is 0 Å². The third-order valence-corrected chi connectivity index (χ3v) is 6.59. The molecule has 0 aliphatic heterocycles. The zero-order valence-corrected chi connectivity index (χ0v) is 11.2. The van der Waals surface area contributed by atoms with Crippen LogP contribution in [0.2, 0.25) is 13.1 Å². The highest BCUT2D eigenvalue weighted by Gasteiger charge is 2.26. The first-order chi connectivity index (χ1) is 6.94. The fraction of sp³-hybridized carbons (Fsp3) is 0.385. The summed E-state index contributed by atoms with van der Waals surface area (Å²) in [4.78, 5) is 2.19. The molecule has 0 heterocycles. The molecule has 1 aromatic rings. The van der Waals surface area contributed by atoms with E-state index in [0.717, 1.165) is 6.54 Å². The van der Waals surface area contributed by atoms with Crippen molar-refractivity contribution >= 4 is 13.3 Å². The predicted octanol–water partition coefficient (Wildman–Crippen LogP) is 2.26. The average Bonchev–Trinajstić information content (AvgIpc) is 2.18. The largest absolute Gasteiger partial charge is 0.306 e. The SMILES string of the molecule is C=C(CN(C)C)[Si](C)(C)c1ccccc1. The van der Waals surface area contributed by atoms with E-state index >= 15 is 0 Å². The Morgan fingerprint density at radius 2 is 1.73 bits per heavy atom. The summed E-state index contributed by atoms with van der Waals surface area (Å²) in [7, 11) is 2.71. The van der Waals surface area contributed by atoms with E-state index < -0.39 is 8.07 Å². The van der Waals surface area contributed by atoms with Gasteiger partial charge in [-0.2, -0.15) is 0 Å². The molecule has 0 saturated heterocycles. The molecule has 0 fully saturated rings. The summed E-state index contributed by atoms with van der Waals surface area (Å²) in [6.45, 7) is 10.00. The number of hydrogen-bond acceptors (Lipinski definition) is 1. The molecule has 1 aromatic carbocycles. The third kappa shape index (κ3) is 3.04. The first-order valence-corrected chi connectivity index (χ1v) is 8.33. The monoisotopic (exact) mass is 219 g/mol. The maximum atomic E-state index is 4.26. The van der Waals surface area contributed by atoms with E-state index in [0.29, 0.717) is 0 Å². The summed E-state index contributed by atoms with van der Waals surface area (Å²) in [5, 5.41) is 2.86. The standard InChI is InChI=1S/C13H21NSi/c1-12(11-14(2)3)15(4,5)13-9-7-6-8-10-13/h6-10H,1,11H2,2-5H3. The molecule has 0 aromatic heterocycles. The smallest absolute Gasteiger partial charge is 0.108 e. The number of hydrogen-bond donors (Lipinski definition) is 0. The molecule has 15 heavy (non-hydrogen) atoms. The van der Waals surface area contributed by atoms with E-state index in [2.05, 4.69) is 69.0 Å². The number of benzene rings is 1. The van der Waals surface area contributed by atoms with Gasteiger partial charge in [-0.25, -0.2) is 0 Å². The van der Waals surface area contributed by atoms with Crippen LogP contribution in [0, 0.1) is 0 Å². The van der Waals surface area contributed by atoms with E-state index in [1.54, 1.807) is 0 Å². The molecule has 0 amide bonds. The van der Waals surface area contributed by atoms with Gasteiger partial charge in [0.25, 0.3) is 0 Å². The van der Waals surface area contributed by atoms with Gasteiger partial charge in [-0.3, -0.25) is 0 Å². The van der Waals surface area contributed by atoms with Gasteiger partial charge >= 0.3 is 0 Å². The Labute approximate surface area is 94.4 Å². The lowest BCUT2D eigenvalue weighted by atomic mass is 10.4. The van der Waals surface area contributed by atoms with E-state index in [-0.39, 0.29) is 0 Å². The lowest BCUT2D eigenvalue weighted by Crippen LogP contribution is -2.46. The van der Waals surface area contributed by atoms with Gasteiger partial charge in [0.2, 0.25) is 0 Å². The van der Waals surface area contributed by atoms with Crippen molar-refractivity contribution in [3.8, 4) is 0 Å². The van der Waals surface area contributed by atoms with Gasteiger partial charge in [-0.05, 0) is 14.1 Å². The lowest BCUT2D eigenvalue weighted by molar-refractivity contribution is 0.452. The lowest BCUT2D eigenvalue weighted by Gasteiger charge is -2.27. The Morgan fingerprint density at radius 1 is 1.20 bits per heavy atom. The van der Waals surface area contributed by atoms with Crippen LogP contribution in [0.3, 0.4) is 0 Å². The van der Waals surface area contributed by atoms with Crippen molar-refractivity contribution in [1.82, 2.24) is 4.90 Å². The molecule has 0 unspecified atom stereocenters. The van der Waals surface area contributed by atoms with Crippen LogP contribution in [0.15, 0.2) is 42.1 Å². The fourth-order valence-electron chi connectivity index (χ4n) is 1.64. The van der Waals surface area contributed by atoms with Crippen LogP contribution in [0.25, 0.3) is 0 Å². The zero-order valence-electron chi connectivity index (χ0n) is 10.2. The average molecular weight is 219 g/mol. The molecular weight excluding hydrogens is 198 g/mol. The summed E-state index contributed by atoms with van der Waals surface area (Å²) in [5.41, 5.74) is 0. The second-order valence-electron chi connectivity index (χ2n) is 4.83. The number of nitrogens with zero attached hydrogens (tertiary/aromatic N) is 1. The summed E-state index contributed by atoms with van der Waals surface area (Å²) in [6.07, 6.45) is 0. The molecule has 0 aliphatic rings. The Bertz CT molecular complexity index is 328. The van der Waals surface area contributed by atoms with Crippen LogP contribution in [-0.2, 0) is 0 Å². The molecule has 0 atom stereocenters. The molecule has 1 rings (SSSR count). The summed E-state index contributed by atoms with van der Waals surface area (Å²) in [6, 6.07) is 10.8. The van der Waals surface area contributed by atoms with Crippen LogP contribution >= 0.6 is 0 Å². The molecule has 0 N–H and O–H groups in total. The molecule has 2 heteroatoms. The molecule has 0 saturated carbocycles. The van der Waals surface area contributed by atoms with Crippen molar-refractivity contribution in [2.24, 2.45) is 0 Å². The second kappa shape index (κ2) is 4.77. The maximum Gasteiger partial charge on any atom is 0.108 e. The molecule has 1 nitrogen and oxygen atoms in total. The first kappa shape index (κ1) is 12.2. The molecule has 0 aliphatic carbocycles. The van der Waals surface area contributed by atoms with Crippen LogP contribution in [0.5, 0.6) is 0 Å². The topological polar surface area (TPSA) is 3.24 Å². The molecule has 0 radical (unpaired) electrons. The minimum absolute atomic E-state index is 0.994. The van der Waals surface area contributed by atoms with Gasteiger partial charge in [0.15, 0.2) is 0 Å². The minimum Gasteiger partial charge on any atom is -0.306 e. The van der Waals surface area contributed by atoms with Crippen molar-refractivity contribution in [3.05, 3.63) is 42.1 Å². The third-order valence-electron chi connectivity index (χ3n) is 2.89. The van der Waals surface area contributed by atoms with Crippen LogP contribution < -0.4 is 5.19 Å². The Morgan fingerprint density at radius 3 is 2.20 bits per heavy atom. The Hall–Kier alpha value is -0.863. The number of likely N-dealkylation sites (N-methyl/N-ethyl adjacent to an activating group) is 1. The highest BCUT2D eigenvalue weighted by molar-refractivity contribution is 6.95. The van der Waals surface area contributed by atoms with Gasteiger partial charge < -0.3 is 4.90 Å². The molecular formula is C13H21NSi. The van der Waals surface area contributed by atoms with Gasteiger partial charge in [0.05, 0.1) is 0 Å². The summed E-state index contributed by atoms with van der Waals surface area (Å²) >= 11 is 0. The van der Waals surface area contributed by atoms with Crippen molar-refractivity contribution in [2.45, 2.75) is 13.1 Å². The van der Waals surface area contributed by atoms with E-state index in [1.165, 1.54) is 10.4 Å². The van der Waals surface area contributed by atoms with Crippen molar-refractivity contribution in [2.75, 3.05) is 20.6 Å². The van der Waals surface area contributed by atoms with Crippen LogP contribution in [-0.4, -0.2) is 33.6 Å². The maximum absolute atomic E-state index is 4.26. The van der Waals surface area contributed by atoms with Gasteiger partial charge in [-0.1, -0.05) is 53.8 Å². The van der Waals surface area contributed by atoms with E-state index in [4.69, 9.17) is 0 Å². The van der Waals surface area contributed by atoms with Gasteiger partial charge in [0.1, 0.15) is 8.07 Å². The molecule has 0 spiro atoms. The van der Waals surface area contributed by atoms with Crippen molar-refractivity contribution in [1.29, 1.82) is 0 Å². The number of rotatable bonds is 4. The zero-order chi connectivity index (χ0) is 11.5. The summed E-state index contributed by atoms with van der Waals surface area (Å²) in [5.74, 6) is 0. The highest BCUT2D eigenvalue weighted by Crippen LogP contribution is 2.13. The second-order valence-corrected chi connectivity index (χ2v) is 9.37. The molecule has 82 valence electrons. The minimum atomic E-state index is -1.48. The normalized spacial score (nSPS) is 11.8. The van der Waals surface area contributed by atoms with E-state index in [9.17, 15) is 0 Å². The fourth-order valence-corrected chi connectivity index (χ4v) is 3.78. The Kier molecular flexibility index (Phi) is 3.88. The first-order valence-electron chi connectivity index (χ1n) is 5.33. The predicted molar refractivity (Wildman–Crippen MR) is 71.3 cm³/mol. The summed E-state index contributed by atoms with van der Waals surface area (Å²) < 4.78 is 0. The quantitative estimate of drug-likeness (QED) is 0.702. The van der Waals surface area contributed by atoms with Gasteiger partial charge in [-0.15, -0.1) is 6.58 Å². The van der Waals surface area contributed by atoms with Crippen LogP contribution in [0.4, 0.5) is 0 Å². The van der Waals surface area contributed by atoms with Crippen molar-refractivity contribution in [3.63, 3.8) is 0 Å².